The molecule has 0 radical (unpaired) electrons. The molecule has 40 heavy (non-hydrogen) atoms. The van der Waals surface area contributed by atoms with Gasteiger partial charge in [0.1, 0.15) is 0 Å². The average Bonchev–Trinajstić information content (AvgIpc) is 3.05. The van der Waals surface area contributed by atoms with Gasteiger partial charge in [-0.2, -0.15) is 0 Å². The molecule has 0 saturated carbocycles. The molecule has 0 aliphatic carbocycles. The van der Waals surface area contributed by atoms with Gasteiger partial charge in [0.15, 0.2) is 0 Å². The molecule has 5 aromatic carbocycles. The van der Waals surface area contributed by atoms with E-state index in [0.717, 1.165) is 5.56 Å². The first-order chi connectivity index (χ1) is 19.9. The van der Waals surface area contributed by atoms with Gasteiger partial charge in [-0.15, -0.1) is 0 Å². The van der Waals surface area contributed by atoms with Crippen molar-refractivity contribution in [3.63, 3.8) is 0 Å². The van der Waals surface area contributed by atoms with E-state index in [2.05, 4.69) is 106 Å². The molecule has 0 aliphatic heterocycles. The summed E-state index contributed by atoms with van der Waals surface area (Å²) in [6.07, 6.45) is 10.9. The van der Waals surface area contributed by atoms with Crippen LogP contribution in [0, 0.1) is 0 Å². The van der Waals surface area contributed by atoms with Gasteiger partial charge >= 0.3 is 0 Å². The van der Waals surface area contributed by atoms with Gasteiger partial charge in [-0.3, -0.25) is 15.0 Å². The topological polar surface area (TPSA) is 38.7 Å². The maximum Gasteiger partial charge on any atom is 0.0346 e. The Morgan fingerprint density at radius 2 is 0.850 bits per heavy atom. The Bertz CT molecular complexity index is 1990. The first kappa shape index (κ1) is 23.7. The predicted molar refractivity (Wildman–Crippen MR) is 166 cm³/mol. The van der Waals surface area contributed by atoms with Crippen LogP contribution in [-0.2, 0) is 0 Å². The van der Waals surface area contributed by atoms with Crippen LogP contribution < -0.4 is 0 Å². The van der Waals surface area contributed by atoms with Crippen LogP contribution in [0.2, 0.25) is 0 Å². The van der Waals surface area contributed by atoms with Crippen LogP contribution in [0.4, 0.5) is 0 Å². The Morgan fingerprint density at radius 1 is 0.325 bits per heavy atom. The fourth-order valence-electron chi connectivity index (χ4n) is 5.52. The van der Waals surface area contributed by atoms with Gasteiger partial charge in [0, 0.05) is 37.2 Å². The van der Waals surface area contributed by atoms with Crippen LogP contribution >= 0.6 is 0 Å². The van der Waals surface area contributed by atoms with Crippen molar-refractivity contribution in [3.05, 3.63) is 152 Å². The van der Waals surface area contributed by atoms with Gasteiger partial charge in [0.05, 0.1) is 0 Å². The van der Waals surface area contributed by atoms with Crippen molar-refractivity contribution in [2.24, 2.45) is 0 Å². The molecule has 0 amide bonds. The number of aromatic nitrogens is 3. The third-order valence-corrected chi connectivity index (χ3v) is 7.41. The van der Waals surface area contributed by atoms with E-state index < -0.39 is 0 Å². The van der Waals surface area contributed by atoms with Gasteiger partial charge in [-0.25, -0.2) is 0 Å². The molecule has 0 aliphatic rings. The molecule has 0 bridgehead atoms. The second kappa shape index (κ2) is 10.4. The molecule has 0 atom stereocenters. The lowest BCUT2D eigenvalue weighted by atomic mass is 9.87. The number of pyridine rings is 3. The predicted octanol–water partition coefficient (Wildman–Crippen LogP) is 9.46. The maximum atomic E-state index is 4.25. The molecule has 0 fully saturated rings. The van der Waals surface area contributed by atoms with Crippen molar-refractivity contribution in [3.8, 4) is 33.4 Å². The van der Waals surface area contributed by atoms with Crippen molar-refractivity contribution in [2.75, 3.05) is 0 Å². The van der Waals surface area contributed by atoms with Crippen molar-refractivity contribution >= 4 is 32.3 Å². The molecule has 0 unspecified atom stereocenters. The first-order valence-corrected chi connectivity index (χ1v) is 13.3. The second-order valence-electron chi connectivity index (χ2n) is 9.73. The Balaban J connectivity index is 0.000000393. The van der Waals surface area contributed by atoms with E-state index in [-0.39, 0.29) is 0 Å². The number of nitrogens with zero attached hydrogens (tertiary/aromatic N) is 3. The minimum atomic E-state index is 1.13. The van der Waals surface area contributed by atoms with E-state index in [0.29, 0.717) is 0 Å². The zero-order chi connectivity index (χ0) is 26.7. The fourth-order valence-corrected chi connectivity index (χ4v) is 5.52. The lowest BCUT2D eigenvalue weighted by Crippen LogP contribution is -1.89. The molecule has 0 saturated heterocycles. The molecular weight excluding hydrogens is 486 g/mol. The zero-order valence-electron chi connectivity index (χ0n) is 21.8. The minimum absolute atomic E-state index is 1.13. The Kier molecular flexibility index (Phi) is 6.15. The van der Waals surface area contributed by atoms with Crippen molar-refractivity contribution < 1.29 is 0 Å². The summed E-state index contributed by atoms with van der Waals surface area (Å²) in [7, 11) is 0. The molecule has 188 valence electrons. The molecule has 3 aromatic heterocycles. The highest BCUT2D eigenvalue weighted by molar-refractivity contribution is 6.27. The van der Waals surface area contributed by atoms with E-state index in [9.17, 15) is 0 Å². The average molecular weight is 512 g/mol. The summed E-state index contributed by atoms with van der Waals surface area (Å²) in [5.41, 5.74) is 7.23. The fraction of sp³-hybridized carbons (Fsp3) is 0. The standard InChI is InChI=1S/C32H20N2.C5H5N/c1-2-26(20-34-17-1)21-3-5-22(6-4-21)27-11-7-24-10-14-30-28(23-15-18-33-19-16-23)12-8-25-9-13-29(27)31(24)32(25)30;1-2-4-6-5-3-1/h1-20H;1-5H. The van der Waals surface area contributed by atoms with Crippen LogP contribution in [0.1, 0.15) is 0 Å². The van der Waals surface area contributed by atoms with Gasteiger partial charge < -0.3 is 0 Å². The molecule has 0 N–H and O–H groups in total. The highest BCUT2D eigenvalue weighted by atomic mass is 14.6. The van der Waals surface area contributed by atoms with Crippen LogP contribution in [0.5, 0.6) is 0 Å². The summed E-state index contributed by atoms with van der Waals surface area (Å²) < 4.78 is 0. The summed E-state index contributed by atoms with van der Waals surface area (Å²) in [6, 6.07) is 40.8. The number of hydrogen-bond acceptors (Lipinski definition) is 3. The van der Waals surface area contributed by atoms with Crippen LogP contribution in [0.3, 0.4) is 0 Å². The summed E-state index contributed by atoms with van der Waals surface area (Å²) in [5, 5.41) is 7.78. The van der Waals surface area contributed by atoms with Crippen LogP contribution in [0.15, 0.2) is 152 Å². The lowest BCUT2D eigenvalue weighted by molar-refractivity contribution is 1.33. The molecule has 3 nitrogen and oxygen atoms in total. The molecule has 3 heterocycles. The quantitative estimate of drug-likeness (QED) is 0.222. The summed E-state index contributed by atoms with van der Waals surface area (Å²) in [4.78, 5) is 12.2. The molecule has 0 spiro atoms. The van der Waals surface area contributed by atoms with Gasteiger partial charge in [0.25, 0.3) is 0 Å². The summed E-state index contributed by atoms with van der Waals surface area (Å²) >= 11 is 0. The zero-order valence-corrected chi connectivity index (χ0v) is 21.8. The van der Waals surface area contributed by atoms with Crippen LogP contribution in [0.25, 0.3) is 65.7 Å². The number of hydrogen-bond donors (Lipinski definition) is 0. The molecule has 8 aromatic rings. The third kappa shape index (κ3) is 4.34. The van der Waals surface area contributed by atoms with Gasteiger partial charge in [-0.05, 0) is 96.0 Å². The molecule has 8 rings (SSSR count). The monoisotopic (exact) mass is 511 g/mol. The smallest absolute Gasteiger partial charge is 0.0346 e. The first-order valence-electron chi connectivity index (χ1n) is 13.3. The maximum absolute atomic E-state index is 4.25. The Labute approximate surface area is 232 Å². The third-order valence-electron chi connectivity index (χ3n) is 7.41. The lowest BCUT2D eigenvalue weighted by Gasteiger charge is -2.16. The second-order valence-corrected chi connectivity index (χ2v) is 9.73. The van der Waals surface area contributed by atoms with E-state index in [4.69, 9.17) is 0 Å². The molecular formula is C37H25N3. The van der Waals surface area contributed by atoms with Gasteiger partial charge in [-0.1, -0.05) is 84.9 Å². The Hall–Kier alpha value is -5.41. The van der Waals surface area contributed by atoms with Crippen molar-refractivity contribution in [1.29, 1.82) is 0 Å². The summed E-state index contributed by atoms with van der Waals surface area (Å²) in [5.74, 6) is 0. The largest absolute Gasteiger partial charge is 0.265 e. The van der Waals surface area contributed by atoms with E-state index in [1.165, 1.54) is 60.1 Å². The van der Waals surface area contributed by atoms with E-state index in [1.54, 1.807) is 12.4 Å². The molecule has 3 heteroatoms. The van der Waals surface area contributed by atoms with Crippen molar-refractivity contribution in [2.45, 2.75) is 0 Å². The van der Waals surface area contributed by atoms with Crippen LogP contribution in [-0.4, -0.2) is 15.0 Å². The highest BCUT2D eigenvalue weighted by Crippen LogP contribution is 2.42. The number of benzene rings is 5. The van der Waals surface area contributed by atoms with E-state index in [1.807, 2.05) is 49.1 Å². The number of rotatable bonds is 3. The van der Waals surface area contributed by atoms with Gasteiger partial charge in [0.2, 0.25) is 0 Å². The SMILES string of the molecule is c1ccncc1.c1cncc(-c2ccc(-c3ccc4ccc5c(-c6ccncc6)ccc6ccc3c4c65)cc2)c1. The summed E-state index contributed by atoms with van der Waals surface area (Å²) in [6.45, 7) is 0. The normalized spacial score (nSPS) is 11.0. The van der Waals surface area contributed by atoms with Crippen molar-refractivity contribution in [1.82, 2.24) is 15.0 Å². The van der Waals surface area contributed by atoms with E-state index >= 15 is 0 Å². The highest BCUT2D eigenvalue weighted by Gasteiger charge is 2.14. The Morgan fingerprint density at radius 3 is 1.38 bits per heavy atom. The minimum Gasteiger partial charge on any atom is -0.265 e.